The third-order valence-corrected chi connectivity index (χ3v) is 2.77. The highest BCUT2D eigenvalue weighted by Gasteiger charge is 2.09. The molecule has 1 N–H and O–H groups in total. The summed E-state index contributed by atoms with van der Waals surface area (Å²) in [4.78, 5) is 11.3. The molecule has 0 saturated carbocycles. The van der Waals surface area contributed by atoms with E-state index in [1.807, 2.05) is 30.3 Å². The first-order valence-corrected chi connectivity index (χ1v) is 7.57. The molecule has 0 amide bonds. The van der Waals surface area contributed by atoms with Gasteiger partial charge in [0, 0.05) is 13.3 Å². The minimum atomic E-state index is -2.37. The maximum atomic E-state index is 11.3. The van der Waals surface area contributed by atoms with Crippen molar-refractivity contribution in [2.75, 3.05) is 19.9 Å². The van der Waals surface area contributed by atoms with Crippen molar-refractivity contribution >= 4 is 13.3 Å². The molecular weight excluding hydrogens is 225 g/mol. The molecule has 0 spiro atoms. The number of esters is 1. The van der Waals surface area contributed by atoms with E-state index in [0.717, 1.165) is 5.56 Å². The second kappa shape index (κ2) is 5.83. The lowest BCUT2D eigenvalue weighted by Crippen LogP contribution is -2.21. The van der Waals surface area contributed by atoms with Crippen LogP contribution in [-0.4, -0.2) is 25.8 Å². The Morgan fingerprint density at radius 3 is 2.50 bits per heavy atom. The fraction of sp³-hybridized carbons (Fsp3) is 0.364. The summed E-state index contributed by atoms with van der Waals surface area (Å²) in [5.41, 5.74) is 0.937. The monoisotopic (exact) mass is 241 g/mol. The van der Waals surface area contributed by atoms with Crippen LogP contribution in [0.3, 0.4) is 0 Å². The summed E-state index contributed by atoms with van der Waals surface area (Å²) in [5.74, 6) is -0.396. The van der Waals surface area contributed by atoms with E-state index in [9.17, 15) is 9.36 Å². The molecule has 0 aliphatic carbocycles. The number of hydrogen-bond acceptors (Lipinski definition) is 3. The van der Waals surface area contributed by atoms with Crippen LogP contribution in [-0.2, 0) is 20.7 Å². The molecule has 0 fully saturated rings. The van der Waals surface area contributed by atoms with E-state index >= 15 is 0 Å². The van der Waals surface area contributed by atoms with Crippen LogP contribution in [0.5, 0.6) is 0 Å². The Bertz CT molecular complexity index is 385. The van der Waals surface area contributed by atoms with Gasteiger partial charge < -0.3 is 9.30 Å². The highest BCUT2D eigenvalue weighted by atomic mass is 31.2. The van der Waals surface area contributed by atoms with Crippen molar-refractivity contribution in [2.24, 2.45) is 0 Å². The van der Waals surface area contributed by atoms with E-state index in [2.05, 4.69) is 5.09 Å². The molecule has 0 aromatic heterocycles. The summed E-state index contributed by atoms with van der Waals surface area (Å²) in [6.07, 6.45) is 0. The van der Waals surface area contributed by atoms with Crippen LogP contribution < -0.4 is 5.09 Å². The zero-order valence-electron chi connectivity index (χ0n) is 9.47. The zero-order chi connectivity index (χ0) is 12.0. The first-order chi connectivity index (χ1) is 7.47. The highest BCUT2D eigenvalue weighted by Crippen LogP contribution is 2.28. The molecule has 0 saturated heterocycles. The van der Waals surface area contributed by atoms with Gasteiger partial charge in [-0.1, -0.05) is 30.3 Å². The molecule has 1 aromatic carbocycles. The maximum Gasteiger partial charge on any atom is 0.320 e. The molecule has 4 nitrogen and oxygen atoms in total. The Hall–Kier alpha value is -1.12. The number of carbonyl (C=O) groups excluding carboxylic acids is 1. The third-order valence-electron chi connectivity index (χ3n) is 1.85. The van der Waals surface area contributed by atoms with Gasteiger partial charge in [-0.25, -0.2) is 0 Å². The summed E-state index contributed by atoms with van der Waals surface area (Å²) >= 11 is 0. The van der Waals surface area contributed by atoms with E-state index in [0.29, 0.717) is 0 Å². The summed E-state index contributed by atoms with van der Waals surface area (Å²) in [6.45, 7) is 3.37. The van der Waals surface area contributed by atoms with Crippen LogP contribution in [0.15, 0.2) is 30.3 Å². The lowest BCUT2D eigenvalue weighted by atomic mass is 10.2. The molecule has 0 atom stereocenters. The number of benzene rings is 1. The van der Waals surface area contributed by atoms with Gasteiger partial charge in [0.15, 0.2) is 0 Å². The summed E-state index contributed by atoms with van der Waals surface area (Å²) in [7, 11) is -2.37. The molecule has 88 valence electrons. The summed E-state index contributed by atoms with van der Waals surface area (Å²) < 4.78 is 16.3. The number of carbonyl (C=O) groups is 1. The molecule has 1 rings (SSSR count). The molecule has 1 aromatic rings. The maximum absolute atomic E-state index is 11.3. The Labute approximate surface area is 95.4 Å². The van der Waals surface area contributed by atoms with E-state index in [1.165, 1.54) is 0 Å². The van der Waals surface area contributed by atoms with Crippen molar-refractivity contribution in [1.82, 2.24) is 5.09 Å². The van der Waals surface area contributed by atoms with Gasteiger partial charge >= 0.3 is 5.97 Å². The zero-order valence-corrected chi connectivity index (χ0v) is 10.4. The average molecular weight is 241 g/mol. The Balaban J connectivity index is 2.29. The van der Waals surface area contributed by atoms with Crippen LogP contribution in [0.25, 0.3) is 0 Å². The number of hydrogen-bond donors (Lipinski definition) is 1. The largest absolute Gasteiger partial charge is 0.460 e. The van der Waals surface area contributed by atoms with Crippen molar-refractivity contribution in [2.45, 2.75) is 6.61 Å². The third kappa shape index (κ3) is 5.69. The van der Waals surface area contributed by atoms with Crippen LogP contribution >= 0.6 is 7.29 Å². The first-order valence-electron chi connectivity index (χ1n) is 4.97. The SMILES string of the molecule is CP(C)(=O)NCC(=O)OCc1ccccc1. The smallest absolute Gasteiger partial charge is 0.320 e. The quantitative estimate of drug-likeness (QED) is 0.631. The highest BCUT2D eigenvalue weighted by molar-refractivity contribution is 7.60. The van der Waals surface area contributed by atoms with Gasteiger partial charge in [0.25, 0.3) is 0 Å². The number of ether oxygens (including phenoxy) is 1. The normalized spacial score (nSPS) is 11.1. The summed E-state index contributed by atoms with van der Waals surface area (Å²) in [5, 5.41) is 2.64. The van der Waals surface area contributed by atoms with E-state index in [-0.39, 0.29) is 13.2 Å². The molecule has 5 heteroatoms. The Morgan fingerprint density at radius 2 is 1.94 bits per heavy atom. The number of rotatable bonds is 5. The van der Waals surface area contributed by atoms with Gasteiger partial charge in [0.2, 0.25) is 0 Å². The van der Waals surface area contributed by atoms with Crippen LogP contribution in [0, 0.1) is 0 Å². The minimum Gasteiger partial charge on any atom is -0.460 e. The molecule has 0 aliphatic heterocycles. The second-order valence-corrected chi connectivity index (χ2v) is 6.85. The molecule has 0 bridgehead atoms. The van der Waals surface area contributed by atoms with E-state index in [1.54, 1.807) is 13.3 Å². The molecule has 16 heavy (non-hydrogen) atoms. The fourth-order valence-corrected chi connectivity index (χ4v) is 1.55. The van der Waals surface area contributed by atoms with Crippen LogP contribution in [0.4, 0.5) is 0 Å². The van der Waals surface area contributed by atoms with Crippen molar-refractivity contribution in [1.29, 1.82) is 0 Å². The van der Waals surface area contributed by atoms with Crippen molar-refractivity contribution in [3.05, 3.63) is 35.9 Å². The van der Waals surface area contributed by atoms with Gasteiger partial charge in [0.1, 0.15) is 13.9 Å². The Morgan fingerprint density at radius 1 is 1.31 bits per heavy atom. The Kier molecular flexibility index (Phi) is 4.71. The van der Waals surface area contributed by atoms with Crippen molar-refractivity contribution in [3.63, 3.8) is 0 Å². The van der Waals surface area contributed by atoms with Gasteiger partial charge in [-0.3, -0.25) is 9.88 Å². The van der Waals surface area contributed by atoms with Gasteiger partial charge in [0.05, 0.1) is 6.54 Å². The summed E-state index contributed by atoms with van der Waals surface area (Å²) in [6, 6.07) is 9.43. The van der Waals surface area contributed by atoms with E-state index < -0.39 is 13.3 Å². The minimum absolute atomic E-state index is 0.0168. The van der Waals surface area contributed by atoms with Crippen molar-refractivity contribution < 1.29 is 14.1 Å². The van der Waals surface area contributed by atoms with Crippen LogP contribution in [0.1, 0.15) is 5.56 Å². The lowest BCUT2D eigenvalue weighted by Gasteiger charge is -2.09. The predicted octanol–water partition coefficient (Wildman–Crippen LogP) is 1.86. The standard InChI is InChI=1S/C11H16NO3P/c1-16(2,14)12-8-11(13)15-9-10-6-4-3-5-7-10/h3-7H,8-9H2,1-2H3,(H,12,14). The second-order valence-electron chi connectivity index (χ2n) is 3.83. The lowest BCUT2D eigenvalue weighted by molar-refractivity contribution is -0.143. The van der Waals surface area contributed by atoms with Crippen molar-refractivity contribution in [3.8, 4) is 0 Å². The average Bonchev–Trinajstić information content (AvgIpc) is 2.24. The van der Waals surface area contributed by atoms with Crippen LogP contribution in [0.2, 0.25) is 0 Å². The van der Waals surface area contributed by atoms with E-state index in [4.69, 9.17) is 4.74 Å². The van der Waals surface area contributed by atoms with Gasteiger partial charge in [-0.15, -0.1) is 0 Å². The molecule has 0 radical (unpaired) electrons. The molecule has 0 unspecified atom stereocenters. The first kappa shape index (κ1) is 12.9. The predicted molar refractivity (Wildman–Crippen MR) is 63.7 cm³/mol. The molecule has 0 aliphatic rings. The number of nitrogens with one attached hydrogen (secondary N) is 1. The fourth-order valence-electron chi connectivity index (χ4n) is 1.04. The van der Waals surface area contributed by atoms with Gasteiger partial charge in [-0.05, 0) is 5.56 Å². The van der Waals surface area contributed by atoms with Gasteiger partial charge in [-0.2, -0.15) is 0 Å². The topological polar surface area (TPSA) is 55.4 Å². The molecular formula is C11H16NO3P. The molecule has 0 heterocycles.